The molecule has 4 nitrogen and oxygen atoms in total. The normalized spacial score (nSPS) is 9.64. The maximum atomic E-state index is 8.39. The van der Waals surface area contributed by atoms with Crippen molar-refractivity contribution < 1.29 is 9.94 Å². The number of aromatic nitrogens is 1. The van der Waals surface area contributed by atoms with E-state index in [4.69, 9.17) is 9.94 Å². The average molecular weight is 154 g/mol. The molecule has 0 aromatic carbocycles. The van der Waals surface area contributed by atoms with E-state index in [2.05, 4.69) is 4.98 Å². The van der Waals surface area contributed by atoms with E-state index in [1.165, 1.54) is 0 Å². The van der Waals surface area contributed by atoms with Gasteiger partial charge in [-0.15, -0.1) is 0 Å². The molecule has 1 aromatic heterocycles. The van der Waals surface area contributed by atoms with Crippen LogP contribution in [-0.2, 0) is 6.54 Å². The lowest BCUT2D eigenvalue weighted by atomic mass is 10.3. The van der Waals surface area contributed by atoms with Gasteiger partial charge in [-0.3, -0.25) is 4.98 Å². The smallest absolute Gasteiger partial charge is 0.141 e. The van der Waals surface area contributed by atoms with Crippen LogP contribution in [0.25, 0.3) is 0 Å². The number of nitrogens with one attached hydrogen (secondary N) is 1. The van der Waals surface area contributed by atoms with E-state index in [-0.39, 0.29) is 0 Å². The maximum Gasteiger partial charge on any atom is 0.141 e. The van der Waals surface area contributed by atoms with Crippen LogP contribution in [0, 0.1) is 0 Å². The standard InChI is InChI=1S/C7H10N2O2/c1-11-7-3-2-4-8-6(7)5-9-10/h2-4,9-10H,5H2,1H3. The molecule has 0 aliphatic carbocycles. The summed E-state index contributed by atoms with van der Waals surface area (Å²) < 4.78 is 4.98. The zero-order valence-corrected chi connectivity index (χ0v) is 6.24. The number of ether oxygens (including phenoxy) is 1. The van der Waals surface area contributed by atoms with Gasteiger partial charge in [-0.2, -0.15) is 5.48 Å². The van der Waals surface area contributed by atoms with Crippen molar-refractivity contribution >= 4 is 0 Å². The predicted molar refractivity (Wildman–Crippen MR) is 39.4 cm³/mol. The minimum atomic E-state index is 0.296. The molecular weight excluding hydrogens is 144 g/mol. The molecule has 1 heterocycles. The van der Waals surface area contributed by atoms with Crippen molar-refractivity contribution in [3.05, 3.63) is 24.0 Å². The number of hydrogen-bond acceptors (Lipinski definition) is 4. The van der Waals surface area contributed by atoms with Crippen LogP contribution in [0.2, 0.25) is 0 Å². The van der Waals surface area contributed by atoms with Gasteiger partial charge in [0.05, 0.1) is 19.3 Å². The molecule has 0 saturated heterocycles. The molecule has 0 atom stereocenters. The summed E-state index contributed by atoms with van der Waals surface area (Å²) in [6.45, 7) is 0.296. The van der Waals surface area contributed by atoms with Crippen molar-refractivity contribution in [2.75, 3.05) is 7.11 Å². The van der Waals surface area contributed by atoms with Crippen molar-refractivity contribution in [3.63, 3.8) is 0 Å². The molecule has 60 valence electrons. The van der Waals surface area contributed by atoms with Crippen molar-refractivity contribution in [2.45, 2.75) is 6.54 Å². The SMILES string of the molecule is COc1cccnc1CNO. The molecular formula is C7H10N2O2. The monoisotopic (exact) mass is 154 g/mol. The van der Waals surface area contributed by atoms with Crippen LogP contribution >= 0.6 is 0 Å². The van der Waals surface area contributed by atoms with E-state index < -0.39 is 0 Å². The zero-order chi connectivity index (χ0) is 8.10. The molecule has 0 radical (unpaired) electrons. The molecule has 1 rings (SSSR count). The fourth-order valence-electron chi connectivity index (χ4n) is 0.817. The highest BCUT2D eigenvalue weighted by molar-refractivity contribution is 5.26. The number of pyridine rings is 1. The van der Waals surface area contributed by atoms with Gasteiger partial charge in [0.2, 0.25) is 0 Å². The number of rotatable bonds is 3. The van der Waals surface area contributed by atoms with Crippen LogP contribution in [0.1, 0.15) is 5.69 Å². The van der Waals surface area contributed by atoms with Gasteiger partial charge in [0.1, 0.15) is 5.75 Å². The highest BCUT2D eigenvalue weighted by Gasteiger charge is 2.00. The van der Waals surface area contributed by atoms with Crippen molar-refractivity contribution in [3.8, 4) is 5.75 Å². The summed E-state index contributed by atoms with van der Waals surface area (Å²) in [4.78, 5) is 3.99. The Kier molecular flexibility index (Phi) is 2.83. The number of hydrogen-bond donors (Lipinski definition) is 2. The first kappa shape index (κ1) is 7.97. The molecule has 0 unspecified atom stereocenters. The molecule has 2 N–H and O–H groups in total. The topological polar surface area (TPSA) is 54.4 Å². The van der Waals surface area contributed by atoms with E-state index in [0.29, 0.717) is 18.0 Å². The summed E-state index contributed by atoms with van der Waals surface area (Å²) in [5, 5.41) is 8.39. The molecule has 0 bridgehead atoms. The second-order valence-corrected chi connectivity index (χ2v) is 1.99. The molecule has 0 aliphatic heterocycles. The first-order valence-corrected chi connectivity index (χ1v) is 3.23. The number of hydroxylamine groups is 1. The lowest BCUT2D eigenvalue weighted by Crippen LogP contribution is -2.08. The summed E-state index contributed by atoms with van der Waals surface area (Å²) >= 11 is 0. The Hall–Kier alpha value is -1.13. The lowest BCUT2D eigenvalue weighted by molar-refractivity contribution is 0.158. The van der Waals surface area contributed by atoms with E-state index in [0.717, 1.165) is 0 Å². The first-order valence-electron chi connectivity index (χ1n) is 3.23. The minimum Gasteiger partial charge on any atom is -0.495 e. The highest BCUT2D eigenvalue weighted by atomic mass is 16.5. The fourth-order valence-corrected chi connectivity index (χ4v) is 0.817. The van der Waals surface area contributed by atoms with Crippen LogP contribution < -0.4 is 10.2 Å². The van der Waals surface area contributed by atoms with Crippen LogP contribution in [-0.4, -0.2) is 17.3 Å². The third-order valence-electron chi connectivity index (χ3n) is 1.31. The Bertz CT molecular complexity index is 227. The van der Waals surface area contributed by atoms with Gasteiger partial charge < -0.3 is 9.94 Å². The number of methoxy groups -OCH3 is 1. The zero-order valence-electron chi connectivity index (χ0n) is 6.24. The second kappa shape index (κ2) is 3.90. The molecule has 0 fully saturated rings. The quantitative estimate of drug-likeness (QED) is 0.625. The van der Waals surface area contributed by atoms with Crippen molar-refractivity contribution in [2.24, 2.45) is 0 Å². The van der Waals surface area contributed by atoms with Crippen LogP contribution in [0.3, 0.4) is 0 Å². The van der Waals surface area contributed by atoms with Gasteiger partial charge in [0.15, 0.2) is 0 Å². The summed E-state index contributed by atoms with van der Waals surface area (Å²) in [5.74, 6) is 0.675. The van der Waals surface area contributed by atoms with Crippen LogP contribution in [0.5, 0.6) is 5.75 Å². The molecule has 0 spiro atoms. The number of nitrogens with zero attached hydrogens (tertiary/aromatic N) is 1. The summed E-state index contributed by atoms with van der Waals surface area (Å²) in [7, 11) is 1.57. The highest BCUT2D eigenvalue weighted by Crippen LogP contribution is 2.13. The Morgan fingerprint density at radius 1 is 1.73 bits per heavy atom. The van der Waals surface area contributed by atoms with E-state index in [9.17, 15) is 0 Å². The molecule has 0 saturated carbocycles. The molecule has 4 heteroatoms. The van der Waals surface area contributed by atoms with Crippen LogP contribution in [0.4, 0.5) is 0 Å². The van der Waals surface area contributed by atoms with Gasteiger partial charge >= 0.3 is 0 Å². The van der Waals surface area contributed by atoms with Crippen molar-refractivity contribution in [1.82, 2.24) is 10.5 Å². The van der Waals surface area contributed by atoms with Gasteiger partial charge in [-0.25, -0.2) is 0 Å². The Morgan fingerprint density at radius 2 is 2.55 bits per heavy atom. The van der Waals surface area contributed by atoms with Gasteiger partial charge in [-0.05, 0) is 12.1 Å². The second-order valence-electron chi connectivity index (χ2n) is 1.99. The van der Waals surface area contributed by atoms with Gasteiger partial charge in [-0.1, -0.05) is 0 Å². The van der Waals surface area contributed by atoms with E-state index >= 15 is 0 Å². The van der Waals surface area contributed by atoms with Crippen LogP contribution in [0.15, 0.2) is 18.3 Å². The van der Waals surface area contributed by atoms with E-state index in [1.807, 2.05) is 5.48 Å². The maximum absolute atomic E-state index is 8.39. The summed E-state index contributed by atoms with van der Waals surface area (Å²) in [6.07, 6.45) is 1.65. The largest absolute Gasteiger partial charge is 0.495 e. The average Bonchev–Trinajstić information content (AvgIpc) is 2.06. The summed E-state index contributed by atoms with van der Waals surface area (Å²) in [6, 6.07) is 3.57. The molecule has 0 amide bonds. The third kappa shape index (κ3) is 1.89. The first-order chi connectivity index (χ1) is 5.38. The molecule has 1 aromatic rings. The van der Waals surface area contributed by atoms with Gasteiger partial charge in [0, 0.05) is 6.20 Å². The molecule has 11 heavy (non-hydrogen) atoms. The van der Waals surface area contributed by atoms with E-state index in [1.54, 1.807) is 25.4 Å². The predicted octanol–water partition coefficient (Wildman–Crippen LogP) is 0.569. The Balaban J connectivity index is 2.83. The minimum absolute atomic E-state index is 0.296. The van der Waals surface area contributed by atoms with Gasteiger partial charge in [0.25, 0.3) is 0 Å². The summed E-state index contributed by atoms with van der Waals surface area (Å²) in [5.41, 5.74) is 2.71. The Labute approximate surface area is 64.8 Å². The molecule has 0 aliphatic rings. The Morgan fingerprint density at radius 3 is 3.18 bits per heavy atom. The van der Waals surface area contributed by atoms with Crippen molar-refractivity contribution in [1.29, 1.82) is 0 Å². The lowest BCUT2D eigenvalue weighted by Gasteiger charge is -2.04. The fraction of sp³-hybridized carbons (Fsp3) is 0.286. The third-order valence-corrected chi connectivity index (χ3v) is 1.31.